The number of hydrogen-bond donors (Lipinski definition) is 2. The topological polar surface area (TPSA) is 115 Å². The lowest BCUT2D eigenvalue weighted by Gasteiger charge is -2.12. The van der Waals surface area contributed by atoms with Crippen LogP contribution in [0, 0.1) is 0 Å². The van der Waals surface area contributed by atoms with Crippen LogP contribution in [0.1, 0.15) is 20.7 Å². The Morgan fingerprint density at radius 1 is 0.970 bits per heavy atom. The lowest BCUT2D eigenvalue weighted by molar-refractivity contribution is 0.0696. The third kappa shape index (κ3) is 4.28. The van der Waals surface area contributed by atoms with Gasteiger partial charge in [0.05, 0.1) is 18.2 Å². The summed E-state index contributed by atoms with van der Waals surface area (Å²) in [6.45, 7) is 0. The zero-order chi connectivity index (χ0) is 23.8. The highest BCUT2D eigenvalue weighted by Gasteiger charge is 2.24. The Bertz CT molecular complexity index is 1490. The first-order chi connectivity index (χ1) is 15.7. The second-order valence-corrected chi connectivity index (χ2v) is 9.24. The van der Waals surface area contributed by atoms with E-state index in [4.69, 9.17) is 21.4 Å². The second-order valence-electron chi connectivity index (χ2n) is 7.02. The molecular formula is C23H17ClN2O6S. The molecule has 4 rings (SSSR count). The van der Waals surface area contributed by atoms with Crippen LogP contribution in [0.15, 0.2) is 77.8 Å². The molecule has 0 atom stereocenters. The molecule has 4 aromatic rings. The fourth-order valence-electron chi connectivity index (χ4n) is 3.31. The SMILES string of the molecule is COc1ccc(Cl)cc1S(=O)(=O)n1ccc2ccc(C(=O)Nc3ccc(C(=O)O)cc3)cc21. The summed E-state index contributed by atoms with van der Waals surface area (Å²) in [5.74, 6) is -1.41. The predicted octanol–water partition coefficient (Wildman–Crippen LogP) is 4.49. The number of carbonyl (C=O) groups is 2. The average Bonchev–Trinajstić information content (AvgIpc) is 3.23. The minimum Gasteiger partial charge on any atom is -0.495 e. The Hall–Kier alpha value is -3.82. The first kappa shape index (κ1) is 22.4. The van der Waals surface area contributed by atoms with E-state index in [2.05, 4.69) is 5.32 Å². The minimum atomic E-state index is -4.08. The maximum absolute atomic E-state index is 13.4. The van der Waals surface area contributed by atoms with Crippen molar-refractivity contribution in [3.63, 3.8) is 0 Å². The van der Waals surface area contributed by atoms with E-state index in [0.717, 1.165) is 3.97 Å². The molecule has 0 spiro atoms. The van der Waals surface area contributed by atoms with Gasteiger partial charge >= 0.3 is 5.97 Å². The Balaban J connectivity index is 1.71. The van der Waals surface area contributed by atoms with Crippen LogP contribution in [0.3, 0.4) is 0 Å². The molecule has 8 nitrogen and oxygen atoms in total. The molecule has 0 radical (unpaired) electrons. The zero-order valence-corrected chi connectivity index (χ0v) is 18.7. The number of nitrogens with one attached hydrogen (secondary N) is 1. The number of anilines is 1. The van der Waals surface area contributed by atoms with Gasteiger partial charge < -0.3 is 15.2 Å². The number of aromatic nitrogens is 1. The van der Waals surface area contributed by atoms with Gasteiger partial charge in [-0.25, -0.2) is 17.2 Å². The third-order valence-corrected chi connectivity index (χ3v) is 6.92. The summed E-state index contributed by atoms with van der Waals surface area (Å²) < 4.78 is 33.0. The van der Waals surface area contributed by atoms with Crippen molar-refractivity contribution in [3.8, 4) is 5.75 Å². The van der Waals surface area contributed by atoms with Crippen LogP contribution >= 0.6 is 11.6 Å². The van der Waals surface area contributed by atoms with Gasteiger partial charge in [0.25, 0.3) is 15.9 Å². The number of amides is 1. The molecule has 0 fully saturated rings. The van der Waals surface area contributed by atoms with Crippen LogP contribution in [0.25, 0.3) is 10.9 Å². The molecule has 1 heterocycles. The number of rotatable bonds is 6. The normalized spacial score (nSPS) is 11.3. The molecule has 0 aliphatic carbocycles. The van der Waals surface area contributed by atoms with Crippen molar-refractivity contribution in [3.05, 3.63) is 89.1 Å². The number of hydrogen-bond acceptors (Lipinski definition) is 5. The summed E-state index contributed by atoms with van der Waals surface area (Å²) >= 11 is 6.02. The van der Waals surface area contributed by atoms with Crippen molar-refractivity contribution < 1.29 is 27.9 Å². The number of aromatic carboxylic acids is 1. The molecule has 2 N–H and O–H groups in total. The molecule has 3 aromatic carbocycles. The van der Waals surface area contributed by atoms with Crippen LogP contribution in [-0.4, -0.2) is 36.5 Å². The van der Waals surface area contributed by atoms with E-state index in [0.29, 0.717) is 16.6 Å². The fraction of sp³-hybridized carbons (Fsp3) is 0.0435. The molecular weight excluding hydrogens is 468 g/mol. The summed E-state index contributed by atoms with van der Waals surface area (Å²) in [6.07, 6.45) is 1.40. The van der Waals surface area contributed by atoms with E-state index in [-0.39, 0.29) is 26.8 Å². The van der Waals surface area contributed by atoms with Gasteiger partial charge in [0.1, 0.15) is 10.6 Å². The highest BCUT2D eigenvalue weighted by molar-refractivity contribution is 7.90. The Kier molecular flexibility index (Phi) is 5.84. The second kappa shape index (κ2) is 8.61. The van der Waals surface area contributed by atoms with Crippen molar-refractivity contribution in [2.45, 2.75) is 4.90 Å². The van der Waals surface area contributed by atoms with Crippen LogP contribution in [0.5, 0.6) is 5.75 Å². The zero-order valence-electron chi connectivity index (χ0n) is 17.2. The highest BCUT2D eigenvalue weighted by Crippen LogP contribution is 2.31. The van der Waals surface area contributed by atoms with E-state index in [1.807, 2.05) is 0 Å². The quantitative estimate of drug-likeness (QED) is 0.416. The van der Waals surface area contributed by atoms with Crippen LogP contribution in [-0.2, 0) is 10.0 Å². The maximum atomic E-state index is 13.4. The molecule has 1 amide bonds. The van der Waals surface area contributed by atoms with Gasteiger partial charge in [-0.05, 0) is 60.7 Å². The van der Waals surface area contributed by atoms with Crippen LogP contribution in [0.4, 0.5) is 5.69 Å². The number of carbonyl (C=O) groups excluding carboxylic acids is 1. The summed E-state index contributed by atoms with van der Waals surface area (Å²) in [5, 5.41) is 12.5. The summed E-state index contributed by atoms with van der Waals surface area (Å²) in [7, 11) is -2.72. The van der Waals surface area contributed by atoms with Gasteiger partial charge in [0.15, 0.2) is 0 Å². The predicted molar refractivity (Wildman–Crippen MR) is 124 cm³/mol. The van der Waals surface area contributed by atoms with Crippen molar-refractivity contribution >= 4 is 50.1 Å². The van der Waals surface area contributed by atoms with Crippen LogP contribution < -0.4 is 10.1 Å². The molecule has 0 aliphatic heterocycles. The fourth-order valence-corrected chi connectivity index (χ4v) is 5.08. The van der Waals surface area contributed by atoms with E-state index in [1.165, 1.54) is 61.8 Å². The number of nitrogens with zero attached hydrogens (tertiary/aromatic N) is 1. The Labute approximate surface area is 194 Å². The molecule has 0 bridgehead atoms. The number of carboxylic acid groups (broad SMARTS) is 1. The maximum Gasteiger partial charge on any atom is 0.335 e. The smallest absolute Gasteiger partial charge is 0.335 e. The van der Waals surface area contributed by atoms with E-state index >= 15 is 0 Å². The number of fused-ring (bicyclic) bond motifs is 1. The number of methoxy groups -OCH3 is 1. The van der Waals surface area contributed by atoms with Crippen molar-refractivity contribution in [1.29, 1.82) is 0 Å². The van der Waals surface area contributed by atoms with Crippen molar-refractivity contribution in [2.24, 2.45) is 0 Å². The molecule has 168 valence electrons. The molecule has 0 unspecified atom stereocenters. The average molecular weight is 485 g/mol. The van der Waals surface area contributed by atoms with Gasteiger partial charge in [0, 0.05) is 27.9 Å². The summed E-state index contributed by atoms with van der Waals surface area (Å²) in [6, 6.07) is 16.3. The largest absolute Gasteiger partial charge is 0.495 e. The Morgan fingerprint density at radius 2 is 1.67 bits per heavy atom. The van der Waals surface area contributed by atoms with Gasteiger partial charge in [0.2, 0.25) is 0 Å². The van der Waals surface area contributed by atoms with Gasteiger partial charge in [-0.3, -0.25) is 4.79 Å². The molecule has 1 aromatic heterocycles. The van der Waals surface area contributed by atoms with E-state index < -0.39 is 21.9 Å². The number of carboxylic acids is 1. The molecule has 0 saturated heterocycles. The highest BCUT2D eigenvalue weighted by atomic mass is 35.5. The number of halogens is 1. The molecule has 10 heteroatoms. The van der Waals surface area contributed by atoms with Crippen molar-refractivity contribution in [1.82, 2.24) is 3.97 Å². The number of ether oxygens (including phenoxy) is 1. The summed E-state index contributed by atoms with van der Waals surface area (Å²) in [4.78, 5) is 23.6. The van der Waals surface area contributed by atoms with E-state index in [1.54, 1.807) is 18.2 Å². The first-order valence-electron chi connectivity index (χ1n) is 9.55. The van der Waals surface area contributed by atoms with Crippen molar-refractivity contribution in [2.75, 3.05) is 12.4 Å². The Morgan fingerprint density at radius 3 is 2.33 bits per heavy atom. The number of benzene rings is 3. The van der Waals surface area contributed by atoms with E-state index in [9.17, 15) is 18.0 Å². The lowest BCUT2D eigenvalue weighted by Crippen LogP contribution is -2.14. The summed E-state index contributed by atoms with van der Waals surface area (Å²) in [5.41, 5.74) is 1.01. The molecule has 0 aliphatic rings. The van der Waals surface area contributed by atoms with Gasteiger partial charge in [-0.1, -0.05) is 17.7 Å². The third-order valence-electron chi connectivity index (χ3n) is 4.97. The molecule has 0 saturated carbocycles. The van der Waals surface area contributed by atoms with Crippen LogP contribution in [0.2, 0.25) is 5.02 Å². The van der Waals surface area contributed by atoms with Gasteiger partial charge in [-0.15, -0.1) is 0 Å². The minimum absolute atomic E-state index is 0.0916. The lowest BCUT2D eigenvalue weighted by atomic mass is 10.1. The first-order valence-corrected chi connectivity index (χ1v) is 11.4. The molecule has 33 heavy (non-hydrogen) atoms. The standard InChI is InChI=1S/C23H17ClN2O6S/c1-32-20-9-6-17(24)13-21(20)33(30,31)26-11-10-14-2-3-16(12-19(14)26)22(27)25-18-7-4-15(5-8-18)23(28)29/h2-13H,1H3,(H,25,27)(H,28,29). The monoisotopic (exact) mass is 484 g/mol. The van der Waals surface area contributed by atoms with Gasteiger partial charge in [-0.2, -0.15) is 0 Å².